The fraction of sp³-hybridized carbons (Fsp3) is 0.600. The van der Waals surface area contributed by atoms with E-state index in [9.17, 15) is 13.2 Å². The molecule has 22 heavy (non-hydrogen) atoms. The minimum atomic E-state index is -4.23. The summed E-state index contributed by atoms with van der Waals surface area (Å²) in [6.07, 6.45) is 0. The molecular weight excluding hydrogens is 313 g/mol. The fourth-order valence-electron chi connectivity index (χ4n) is 2.34. The normalized spacial score (nSPS) is 18.4. The highest BCUT2D eigenvalue weighted by Crippen LogP contribution is 2.36. The smallest absolute Gasteiger partial charge is 0.379 e. The highest BCUT2D eigenvalue weighted by molar-refractivity contribution is 8.00. The van der Waals surface area contributed by atoms with Crippen LogP contribution in [0.1, 0.15) is 12.5 Å². The molecule has 1 heterocycles. The molecule has 1 N–H and O–H groups in total. The summed E-state index contributed by atoms with van der Waals surface area (Å²) in [6, 6.07) is 6.83. The molecule has 1 aromatic rings. The van der Waals surface area contributed by atoms with E-state index in [1.165, 1.54) is 12.1 Å². The topological polar surface area (TPSA) is 24.5 Å². The first-order valence-corrected chi connectivity index (χ1v) is 8.12. The molecule has 1 saturated heterocycles. The molecule has 7 heteroatoms. The molecule has 0 aromatic heterocycles. The molecule has 1 aliphatic rings. The summed E-state index contributed by atoms with van der Waals surface area (Å²) in [5.41, 5.74) is -3.24. The molecule has 0 bridgehead atoms. The number of alkyl halides is 3. The summed E-state index contributed by atoms with van der Waals surface area (Å²) < 4.78 is 42.1. The summed E-state index contributed by atoms with van der Waals surface area (Å²) in [5.74, 6) is 0. The van der Waals surface area contributed by atoms with Crippen molar-refractivity contribution in [2.75, 3.05) is 32.8 Å². The lowest BCUT2D eigenvalue weighted by atomic mass is 10.2. The van der Waals surface area contributed by atoms with Gasteiger partial charge in [0.25, 0.3) is 0 Å². The van der Waals surface area contributed by atoms with Gasteiger partial charge >= 0.3 is 5.51 Å². The maximum Gasteiger partial charge on any atom is 0.446 e. The van der Waals surface area contributed by atoms with Gasteiger partial charge in [-0.2, -0.15) is 13.2 Å². The van der Waals surface area contributed by atoms with Crippen molar-refractivity contribution in [2.45, 2.75) is 29.9 Å². The number of ether oxygens (including phenoxy) is 1. The molecule has 1 atom stereocenters. The Hall–Kier alpha value is -0.760. The lowest BCUT2D eigenvalue weighted by Gasteiger charge is -2.29. The van der Waals surface area contributed by atoms with Gasteiger partial charge in [-0.05, 0) is 36.4 Å². The van der Waals surface area contributed by atoms with Crippen LogP contribution in [0, 0.1) is 0 Å². The van der Waals surface area contributed by atoms with Crippen molar-refractivity contribution in [2.24, 2.45) is 0 Å². The quantitative estimate of drug-likeness (QED) is 0.808. The van der Waals surface area contributed by atoms with E-state index < -0.39 is 5.51 Å². The second-order valence-corrected chi connectivity index (χ2v) is 6.53. The second-order valence-electron chi connectivity index (χ2n) is 5.39. The average molecular weight is 334 g/mol. The predicted molar refractivity (Wildman–Crippen MR) is 81.9 cm³/mol. The second kappa shape index (κ2) is 8.19. The zero-order valence-corrected chi connectivity index (χ0v) is 13.3. The van der Waals surface area contributed by atoms with Crippen LogP contribution in [0.4, 0.5) is 13.2 Å². The Bertz CT molecular complexity index is 447. The fourth-order valence-corrected chi connectivity index (χ4v) is 2.88. The number of halogens is 3. The third kappa shape index (κ3) is 6.56. The van der Waals surface area contributed by atoms with Crippen molar-refractivity contribution in [3.63, 3.8) is 0 Å². The van der Waals surface area contributed by atoms with E-state index >= 15 is 0 Å². The van der Waals surface area contributed by atoms with Crippen molar-refractivity contribution >= 4 is 11.8 Å². The highest BCUT2D eigenvalue weighted by atomic mass is 32.2. The van der Waals surface area contributed by atoms with Crippen LogP contribution in [0.15, 0.2) is 29.2 Å². The van der Waals surface area contributed by atoms with Crippen LogP contribution in [0.2, 0.25) is 0 Å². The predicted octanol–water partition coefficient (Wildman–Crippen LogP) is 3.11. The minimum absolute atomic E-state index is 0.0818. The van der Waals surface area contributed by atoms with Gasteiger partial charge in [0.15, 0.2) is 0 Å². The first kappa shape index (κ1) is 17.6. The third-order valence-corrected chi connectivity index (χ3v) is 4.19. The van der Waals surface area contributed by atoms with E-state index in [0.29, 0.717) is 12.6 Å². The van der Waals surface area contributed by atoms with E-state index in [4.69, 9.17) is 4.74 Å². The molecule has 1 aliphatic heterocycles. The van der Waals surface area contributed by atoms with Gasteiger partial charge in [0.2, 0.25) is 0 Å². The van der Waals surface area contributed by atoms with E-state index in [0.717, 1.165) is 38.4 Å². The van der Waals surface area contributed by atoms with Crippen LogP contribution in [0.25, 0.3) is 0 Å². The van der Waals surface area contributed by atoms with Gasteiger partial charge in [0.1, 0.15) is 0 Å². The number of benzene rings is 1. The number of morpholine rings is 1. The molecule has 124 valence electrons. The van der Waals surface area contributed by atoms with E-state index in [1.807, 2.05) is 0 Å². The number of thioether (sulfide) groups is 1. The van der Waals surface area contributed by atoms with E-state index in [-0.39, 0.29) is 16.7 Å². The Morgan fingerprint density at radius 2 is 1.86 bits per heavy atom. The van der Waals surface area contributed by atoms with Crippen molar-refractivity contribution in [3.05, 3.63) is 29.8 Å². The zero-order chi connectivity index (χ0) is 16.0. The van der Waals surface area contributed by atoms with Crippen LogP contribution in [-0.4, -0.2) is 49.3 Å². The molecule has 2 rings (SSSR count). The summed E-state index contributed by atoms with van der Waals surface area (Å²) >= 11 is -0.0818. The summed E-state index contributed by atoms with van der Waals surface area (Å²) in [4.78, 5) is 2.57. The highest BCUT2D eigenvalue weighted by Gasteiger charge is 2.28. The van der Waals surface area contributed by atoms with Crippen molar-refractivity contribution in [1.82, 2.24) is 10.2 Å². The van der Waals surface area contributed by atoms with Gasteiger partial charge in [-0.1, -0.05) is 12.1 Å². The first-order chi connectivity index (χ1) is 10.4. The lowest BCUT2D eigenvalue weighted by molar-refractivity contribution is -0.0328. The van der Waals surface area contributed by atoms with Gasteiger partial charge < -0.3 is 10.1 Å². The number of nitrogens with one attached hydrogen (secondary N) is 1. The zero-order valence-electron chi connectivity index (χ0n) is 12.5. The maximum absolute atomic E-state index is 12.3. The molecule has 3 nitrogen and oxygen atoms in total. The first-order valence-electron chi connectivity index (χ1n) is 7.30. The number of rotatable bonds is 6. The Balaban J connectivity index is 1.73. The minimum Gasteiger partial charge on any atom is -0.379 e. The Kier molecular flexibility index (Phi) is 6.55. The van der Waals surface area contributed by atoms with Crippen LogP contribution in [-0.2, 0) is 11.3 Å². The molecule has 1 fully saturated rings. The van der Waals surface area contributed by atoms with Gasteiger partial charge in [-0.25, -0.2) is 0 Å². The Morgan fingerprint density at radius 3 is 2.45 bits per heavy atom. The lowest BCUT2D eigenvalue weighted by Crippen LogP contribution is -2.44. The Labute approximate surface area is 133 Å². The molecule has 0 amide bonds. The molecule has 1 aromatic carbocycles. The summed E-state index contributed by atoms with van der Waals surface area (Å²) in [5, 5.41) is 3.40. The number of nitrogens with zero attached hydrogens (tertiary/aromatic N) is 1. The van der Waals surface area contributed by atoms with Crippen LogP contribution >= 0.6 is 11.8 Å². The van der Waals surface area contributed by atoms with Gasteiger partial charge in [0, 0.05) is 37.1 Å². The summed E-state index contributed by atoms with van der Waals surface area (Å²) in [6.45, 7) is 7.19. The van der Waals surface area contributed by atoms with Crippen LogP contribution in [0.5, 0.6) is 0 Å². The monoisotopic (exact) mass is 334 g/mol. The standard InChI is InChI=1S/C15H21F3N2OS/c1-12(11-20-6-8-21-9-7-20)19-10-13-2-4-14(5-3-13)22-15(16,17)18/h2-5,12,19H,6-11H2,1H3. The summed E-state index contributed by atoms with van der Waals surface area (Å²) in [7, 11) is 0. The van der Waals surface area contributed by atoms with Gasteiger partial charge in [-0.15, -0.1) is 0 Å². The maximum atomic E-state index is 12.3. The molecule has 0 saturated carbocycles. The van der Waals surface area contributed by atoms with E-state index in [1.54, 1.807) is 12.1 Å². The molecule has 0 spiro atoms. The average Bonchev–Trinajstić information content (AvgIpc) is 2.46. The van der Waals surface area contributed by atoms with Gasteiger partial charge in [-0.3, -0.25) is 4.90 Å². The van der Waals surface area contributed by atoms with Crippen LogP contribution < -0.4 is 5.32 Å². The van der Waals surface area contributed by atoms with Gasteiger partial charge in [0.05, 0.1) is 13.2 Å². The SMILES string of the molecule is CC(CN1CCOCC1)NCc1ccc(SC(F)(F)F)cc1. The molecule has 0 aliphatic carbocycles. The van der Waals surface area contributed by atoms with Crippen molar-refractivity contribution in [1.29, 1.82) is 0 Å². The molecule has 0 radical (unpaired) electrons. The van der Waals surface area contributed by atoms with E-state index in [2.05, 4.69) is 17.1 Å². The van der Waals surface area contributed by atoms with Crippen LogP contribution in [0.3, 0.4) is 0 Å². The van der Waals surface area contributed by atoms with Crippen molar-refractivity contribution < 1.29 is 17.9 Å². The third-order valence-electron chi connectivity index (χ3n) is 3.45. The molecule has 1 unspecified atom stereocenters. The number of hydrogen-bond donors (Lipinski definition) is 1. The number of hydrogen-bond acceptors (Lipinski definition) is 4. The molecular formula is C15H21F3N2OS. The van der Waals surface area contributed by atoms with Crippen molar-refractivity contribution in [3.8, 4) is 0 Å². The Morgan fingerprint density at radius 1 is 1.23 bits per heavy atom. The largest absolute Gasteiger partial charge is 0.446 e.